The van der Waals surface area contributed by atoms with Crippen LogP contribution in [0.15, 0.2) is 24.3 Å². The number of nitrogens with two attached hydrogens (primary N) is 1. The first kappa shape index (κ1) is 16.1. The Balaban J connectivity index is 2.63. The zero-order valence-electron chi connectivity index (χ0n) is 11.4. The highest BCUT2D eigenvalue weighted by molar-refractivity contribution is 7.88. The van der Waals surface area contributed by atoms with Crippen molar-refractivity contribution in [1.82, 2.24) is 4.72 Å². The van der Waals surface area contributed by atoms with E-state index >= 15 is 0 Å². The molecule has 1 rings (SSSR count). The minimum absolute atomic E-state index is 0.0296. The molecule has 0 aliphatic heterocycles. The highest BCUT2D eigenvalue weighted by atomic mass is 32.2. The lowest BCUT2D eigenvalue weighted by molar-refractivity contribution is 0.188. The molecular formula is C13H22N2O3S. The summed E-state index contributed by atoms with van der Waals surface area (Å²) in [6.07, 6.45) is 0.651. The molecule has 1 aromatic rings. The van der Waals surface area contributed by atoms with E-state index in [1.165, 1.54) is 0 Å². The Morgan fingerprint density at radius 2 is 2.05 bits per heavy atom. The molecule has 3 N–H and O–H groups in total. The van der Waals surface area contributed by atoms with Gasteiger partial charge in [-0.2, -0.15) is 0 Å². The van der Waals surface area contributed by atoms with Gasteiger partial charge in [0.1, 0.15) is 0 Å². The summed E-state index contributed by atoms with van der Waals surface area (Å²) in [4.78, 5) is 0. The molecule has 5 nitrogen and oxygen atoms in total. The number of hydrogen-bond donors (Lipinski definition) is 2. The summed E-state index contributed by atoms with van der Waals surface area (Å²) in [7, 11) is -1.74. The molecule has 0 heterocycles. The van der Waals surface area contributed by atoms with Gasteiger partial charge in [0.2, 0.25) is 10.0 Å². The third kappa shape index (κ3) is 6.15. The molecule has 1 atom stereocenters. The van der Waals surface area contributed by atoms with Gasteiger partial charge in [-0.1, -0.05) is 24.3 Å². The van der Waals surface area contributed by atoms with E-state index < -0.39 is 10.0 Å². The van der Waals surface area contributed by atoms with Crippen LogP contribution in [0.1, 0.15) is 24.5 Å². The first-order valence-corrected chi connectivity index (χ1v) is 7.89. The van der Waals surface area contributed by atoms with Crippen molar-refractivity contribution in [3.63, 3.8) is 0 Å². The van der Waals surface area contributed by atoms with Gasteiger partial charge in [-0.3, -0.25) is 0 Å². The molecule has 0 aliphatic carbocycles. The van der Waals surface area contributed by atoms with Crippen LogP contribution in [0.3, 0.4) is 0 Å². The van der Waals surface area contributed by atoms with Crippen molar-refractivity contribution in [2.24, 2.45) is 5.73 Å². The van der Waals surface area contributed by atoms with E-state index in [0.717, 1.165) is 11.1 Å². The third-order valence-corrected chi connectivity index (χ3v) is 4.19. The van der Waals surface area contributed by atoms with Crippen molar-refractivity contribution in [3.05, 3.63) is 35.4 Å². The normalized spacial score (nSPS) is 13.4. The molecule has 0 fully saturated rings. The van der Waals surface area contributed by atoms with Crippen LogP contribution in [0.25, 0.3) is 0 Å². The first-order valence-electron chi connectivity index (χ1n) is 6.23. The molecule has 0 bridgehead atoms. The summed E-state index contributed by atoms with van der Waals surface area (Å²) in [6, 6.07) is 7.17. The van der Waals surface area contributed by atoms with Gasteiger partial charge in [0.25, 0.3) is 0 Å². The van der Waals surface area contributed by atoms with Crippen LogP contribution >= 0.6 is 0 Å². The quantitative estimate of drug-likeness (QED) is 0.746. The fraction of sp³-hybridized carbons (Fsp3) is 0.538. The van der Waals surface area contributed by atoms with Crippen molar-refractivity contribution in [1.29, 1.82) is 0 Å². The number of sulfonamides is 1. The van der Waals surface area contributed by atoms with Crippen LogP contribution in [0.5, 0.6) is 0 Å². The minimum Gasteiger partial charge on any atom is -0.385 e. The van der Waals surface area contributed by atoms with Crippen molar-refractivity contribution >= 4 is 10.0 Å². The Hall–Kier alpha value is -0.950. The molecule has 1 unspecified atom stereocenters. The van der Waals surface area contributed by atoms with Gasteiger partial charge < -0.3 is 10.5 Å². The summed E-state index contributed by atoms with van der Waals surface area (Å²) in [5.74, 6) is -0.0296. The summed E-state index contributed by atoms with van der Waals surface area (Å²) in [5.41, 5.74) is 7.21. The molecule has 1 aromatic carbocycles. The molecule has 6 heteroatoms. The van der Waals surface area contributed by atoms with E-state index in [2.05, 4.69) is 4.72 Å². The monoisotopic (exact) mass is 286 g/mol. The second-order valence-corrected chi connectivity index (χ2v) is 6.34. The van der Waals surface area contributed by atoms with Gasteiger partial charge in [0, 0.05) is 26.3 Å². The van der Waals surface area contributed by atoms with E-state index in [4.69, 9.17) is 10.5 Å². The van der Waals surface area contributed by atoms with Gasteiger partial charge in [0.05, 0.1) is 5.75 Å². The number of rotatable bonds is 8. The van der Waals surface area contributed by atoms with Crippen molar-refractivity contribution in [2.45, 2.75) is 31.7 Å². The van der Waals surface area contributed by atoms with Gasteiger partial charge in [-0.15, -0.1) is 0 Å². The predicted molar refractivity (Wildman–Crippen MR) is 76.0 cm³/mol. The van der Waals surface area contributed by atoms with Crippen molar-refractivity contribution in [2.75, 3.05) is 13.7 Å². The van der Waals surface area contributed by atoms with E-state index in [1.807, 2.05) is 25.1 Å². The van der Waals surface area contributed by atoms with Crippen molar-refractivity contribution in [3.8, 4) is 0 Å². The molecule has 0 radical (unpaired) electrons. The zero-order valence-corrected chi connectivity index (χ0v) is 12.2. The Morgan fingerprint density at radius 3 is 2.68 bits per heavy atom. The summed E-state index contributed by atoms with van der Waals surface area (Å²) in [6.45, 7) is 2.77. The molecule has 0 saturated heterocycles. The second kappa shape index (κ2) is 7.59. The first-order chi connectivity index (χ1) is 8.96. The zero-order chi connectivity index (χ0) is 14.3. The Labute approximate surface area is 115 Å². The highest BCUT2D eigenvalue weighted by Crippen LogP contribution is 2.09. The van der Waals surface area contributed by atoms with E-state index in [9.17, 15) is 8.42 Å². The van der Waals surface area contributed by atoms with Crippen LogP contribution in [-0.2, 0) is 27.1 Å². The van der Waals surface area contributed by atoms with Crippen LogP contribution in [0.2, 0.25) is 0 Å². The van der Waals surface area contributed by atoms with E-state index in [-0.39, 0.29) is 11.8 Å². The third-order valence-electron chi connectivity index (χ3n) is 2.72. The maximum Gasteiger partial charge on any atom is 0.216 e. The number of hydrogen-bond acceptors (Lipinski definition) is 4. The number of nitrogens with one attached hydrogen (secondary N) is 1. The molecule has 108 valence electrons. The van der Waals surface area contributed by atoms with E-state index in [1.54, 1.807) is 13.2 Å². The SMILES string of the molecule is COCCC(C)NS(=O)(=O)Cc1cccc(CN)c1. The molecule has 19 heavy (non-hydrogen) atoms. The molecule has 0 aromatic heterocycles. The fourth-order valence-corrected chi connectivity index (χ4v) is 3.20. The lowest BCUT2D eigenvalue weighted by atomic mass is 10.1. The maximum absolute atomic E-state index is 12.0. The maximum atomic E-state index is 12.0. The Kier molecular flexibility index (Phi) is 6.44. The highest BCUT2D eigenvalue weighted by Gasteiger charge is 2.15. The standard InChI is InChI=1S/C13H22N2O3S/c1-11(6-7-18-2)15-19(16,17)10-13-5-3-4-12(8-13)9-14/h3-5,8,11,15H,6-7,9-10,14H2,1-2H3. The summed E-state index contributed by atoms with van der Waals surface area (Å²) < 4.78 is 31.5. The van der Waals surface area contributed by atoms with Crippen molar-refractivity contribution < 1.29 is 13.2 Å². The summed E-state index contributed by atoms with van der Waals surface area (Å²) in [5, 5.41) is 0. The van der Waals surface area contributed by atoms with E-state index in [0.29, 0.717) is 19.6 Å². The topological polar surface area (TPSA) is 81.4 Å². The van der Waals surface area contributed by atoms with Gasteiger partial charge >= 0.3 is 0 Å². The minimum atomic E-state index is -3.34. The average molecular weight is 286 g/mol. The van der Waals surface area contributed by atoms with Crippen LogP contribution in [0.4, 0.5) is 0 Å². The van der Waals surface area contributed by atoms with Crippen LogP contribution < -0.4 is 10.5 Å². The lowest BCUT2D eigenvalue weighted by Gasteiger charge is -2.14. The largest absolute Gasteiger partial charge is 0.385 e. The lowest BCUT2D eigenvalue weighted by Crippen LogP contribution is -2.34. The predicted octanol–water partition coefficient (Wildman–Crippen LogP) is 0.990. The molecule has 0 aliphatic rings. The Bertz CT molecular complexity index is 488. The van der Waals surface area contributed by atoms with Gasteiger partial charge in [-0.05, 0) is 24.5 Å². The molecule has 0 spiro atoms. The molecular weight excluding hydrogens is 264 g/mol. The second-order valence-electron chi connectivity index (χ2n) is 4.58. The smallest absolute Gasteiger partial charge is 0.216 e. The molecule has 0 saturated carbocycles. The van der Waals surface area contributed by atoms with Gasteiger partial charge in [-0.25, -0.2) is 13.1 Å². The van der Waals surface area contributed by atoms with Gasteiger partial charge in [0.15, 0.2) is 0 Å². The number of ether oxygens (including phenoxy) is 1. The average Bonchev–Trinajstić information content (AvgIpc) is 2.35. The Morgan fingerprint density at radius 1 is 1.37 bits per heavy atom. The molecule has 0 amide bonds. The van der Waals surface area contributed by atoms with Crippen LogP contribution in [-0.4, -0.2) is 28.2 Å². The fourth-order valence-electron chi connectivity index (χ4n) is 1.77. The summed E-state index contributed by atoms with van der Waals surface area (Å²) >= 11 is 0. The number of benzene rings is 1. The number of methoxy groups -OCH3 is 1. The van der Waals surface area contributed by atoms with Crippen LogP contribution in [0, 0.1) is 0 Å².